The fourth-order valence-electron chi connectivity index (χ4n) is 3.61. The maximum Gasteiger partial charge on any atom is 0.292 e. The summed E-state index contributed by atoms with van der Waals surface area (Å²) in [5.41, 5.74) is 3.60. The first-order valence-corrected chi connectivity index (χ1v) is 8.89. The smallest absolute Gasteiger partial charge is 0.292 e. The minimum Gasteiger partial charge on any atom is -0.494 e. The fraction of sp³-hybridized carbons (Fsp3) is 0.250. The number of aromatic amines is 1. The van der Waals surface area contributed by atoms with Gasteiger partial charge in [-0.05, 0) is 13.0 Å². The zero-order valence-electron chi connectivity index (χ0n) is 14.9. The molecule has 0 fully saturated rings. The number of rotatable bonds is 2. The number of nitrogens with zero attached hydrogens (tertiary/aromatic N) is 3. The van der Waals surface area contributed by atoms with Crippen molar-refractivity contribution in [2.75, 3.05) is 13.7 Å². The molecule has 136 valence electrons. The molecule has 3 aromatic rings. The number of hydrogen-bond donors (Lipinski definition) is 1. The first-order valence-electron chi connectivity index (χ1n) is 8.51. The van der Waals surface area contributed by atoms with Gasteiger partial charge in [-0.1, -0.05) is 23.6 Å². The molecule has 0 unspecified atom stereocenters. The SMILES string of the molecule is C#Cc1ccc2c3c([nH]c2c1Cl)CCN(C(=O)c1ncc(OC)cn1)[C@H]3C. The average Bonchev–Trinajstić information content (AvgIpc) is 3.08. The van der Waals surface area contributed by atoms with E-state index in [1.54, 1.807) is 4.90 Å². The van der Waals surface area contributed by atoms with Crippen molar-refractivity contribution in [3.05, 3.63) is 52.2 Å². The second-order valence-corrected chi connectivity index (χ2v) is 6.76. The molecule has 27 heavy (non-hydrogen) atoms. The quantitative estimate of drug-likeness (QED) is 0.692. The van der Waals surface area contributed by atoms with Gasteiger partial charge in [-0.25, -0.2) is 9.97 Å². The fourth-order valence-corrected chi connectivity index (χ4v) is 3.88. The van der Waals surface area contributed by atoms with Crippen LogP contribution < -0.4 is 4.74 Å². The van der Waals surface area contributed by atoms with Gasteiger partial charge in [0, 0.05) is 35.2 Å². The van der Waals surface area contributed by atoms with Crippen molar-refractivity contribution in [2.45, 2.75) is 19.4 Å². The van der Waals surface area contributed by atoms with Crippen LogP contribution >= 0.6 is 11.6 Å². The lowest BCUT2D eigenvalue weighted by Gasteiger charge is -2.33. The van der Waals surface area contributed by atoms with Crippen molar-refractivity contribution in [3.8, 4) is 18.1 Å². The van der Waals surface area contributed by atoms with Crippen molar-refractivity contribution in [3.63, 3.8) is 0 Å². The first kappa shape index (κ1) is 17.4. The Morgan fingerprint density at radius 2 is 2.15 bits per heavy atom. The number of amides is 1. The molecule has 0 saturated heterocycles. The number of ether oxygens (including phenoxy) is 1. The van der Waals surface area contributed by atoms with E-state index in [0.717, 1.165) is 22.2 Å². The molecule has 0 radical (unpaired) electrons. The molecule has 1 aromatic carbocycles. The number of H-pyrrole nitrogens is 1. The van der Waals surface area contributed by atoms with Gasteiger partial charge in [0.05, 0.1) is 36.1 Å². The minimum atomic E-state index is -0.212. The Balaban J connectivity index is 1.73. The van der Waals surface area contributed by atoms with E-state index in [1.165, 1.54) is 19.5 Å². The summed E-state index contributed by atoms with van der Waals surface area (Å²) in [6, 6.07) is 3.65. The lowest BCUT2D eigenvalue weighted by molar-refractivity contribution is 0.0665. The summed E-state index contributed by atoms with van der Waals surface area (Å²) in [5, 5.41) is 1.52. The van der Waals surface area contributed by atoms with Crippen LogP contribution in [0.5, 0.6) is 5.75 Å². The van der Waals surface area contributed by atoms with Crippen LogP contribution in [0.2, 0.25) is 5.02 Å². The third kappa shape index (κ3) is 2.71. The van der Waals surface area contributed by atoms with Crippen molar-refractivity contribution >= 4 is 28.4 Å². The summed E-state index contributed by atoms with van der Waals surface area (Å²) in [5.74, 6) is 3.04. The van der Waals surface area contributed by atoms with Gasteiger partial charge in [-0.2, -0.15) is 0 Å². The van der Waals surface area contributed by atoms with Gasteiger partial charge in [-0.3, -0.25) is 4.79 Å². The van der Waals surface area contributed by atoms with Crippen molar-refractivity contribution in [2.24, 2.45) is 0 Å². The van der Waals surface area contributed by atoms with Crippen LogP contribution in [-0.4, -0.2) is 39.4 Å². The van der Waals surface area contributed by atoms with E-state index in [4.69, 9.17) is 22.8 Å². The van der Waals surface area contributed by atoms with Crippen molar-refractivity contribution in [1.82, 2.24) is 19.9 Å². The summed E-state index contributed by atoms with van der Waals surface area (Å²) < 4.78 is 5.05. The lowest BCUT2D eigenvalue weighted by atomic mass is 9.96. The topological polar surface area (TPSA) is 71.1 Å². The molecular formula is C20H17ClN4O2. The molecule has 3 heterocycles. The normalized spacial score (nSPS) is 16.1. The van der Waals surface area contributed by atoms with Crippen molar-refractivity contribution in [1.29, 1.82) is 0 Å². The highest BCUT2D eigenvalue weighted by Crippen LogP contribution is 2.39. The predicted octanol–water partition coefficient (Wildman–Crippen LogP) is 3.36. The molecule has 1 N–H and O–H groups in total. The highest BCUT2D eigenvalue weighted by molar-refractivity contribution is 6.36. The molecule has 7 heteroatoms. The number of terminal acetylenes is 1. The van der Waals surface area contributed by atoms with Gasteiger partial charge in [0.1, 0.15) is 0 Å². The van der Waals surface area contributed by atoms with Crippen LogP contribution in [0.15, 0.2) is 24.5 Å². The van der Waals surface area contributed by atoms with Gasteiger partial charge in [0.15, 0.2) is 5.75 Å². The third-order valence-electron chi connectivity index (χ3n) is 4.99. The molecule has 1 atom stereocenters. The van der Waals surface area contributed by atoms with E-state index >= 15 is 0 Å². The summed E-state index contributed by atoms with van der Waals surface area (Å²) >= 11 is 6.45. The van der Waals surface area contributed by atoms with Gasteiger partial charge in [-0.15, -0.1) is 6.42 Å². The Labute approximate surface area is 161 Å². The molecule has 2 aromatic heterocycles. The maximum atomic E-state index is 12.9. The Kier molecular flexibility index (Phi) is 4.25. The molecule has 1 aliphatic rings. The molecule has 0 aliphatic carbocycles. The van der Waals surface area contributed by atoms with Gasteiger partial charge >= 0.3 is 0 Å². The standard InChI is InChI=1S/C20H17ClN4O2/c1-4-12-5-6-14-16-11(2)25(8-7-15(16)24-18(14)17(12)21)20(26)19-22-9-13(27-3)10-23-19/h1,5-6,9-11,24H,7-8H2,2-3H3/t11-/m0/s1. The number of methoxy groups -OCH3 is 1. The van der Waals surface area contributed by atoms with E-state index in [9.17, 15) is 4.79 Å². The maximum absolute atomic E-state index is 12.9. The molecule has 0 bridgehead atoms. The number of hydrogen-bond acceptors (Lipinski definition) is 4. The Morgan fingerprint density at radius 1 is 1.41 bits per heavy atom. The number of carbonyl (C=O) groups excluding carboxylic acids is 1. The first-order chi connectivity index (χ1) is 13.0. The lowest BCUT2D eigenvalue weighted by Crippen LogP contribution is -2.39. The van der Waals surface area contributed by atoms with Crippen LogP contribution in [0.25, 0.3) is 10.9 Å². The van der Waals surface area contributed by atoms with Gasteiger partial charge in [0.25, 0.3) is 5.91 Å². The molecule has 1 amide bonds. The minimum absolute atomic E-state index is 0.145. The Hall–Kier alpha value is -3.04. The molecule has 1 aliphatic heterocycles. The zero-order valence-corrected chi connectivity index (χ0v) is 15.7. The summed E-state index contributed by atoms with van der Waals surface area (Å²) in [4.78, 5) is 26.4. The van der Waals surface area contributed by atoms with E-state index in [-0.39, 0.29) is 17.8 Å². The molecule has 6 nitrogen and oxygen atoms in total. The number of nitrogens with one attached hydrogen (secondary N) is 1. The second kappa shape index (κ2) is 6.60. The van der Waals surface area contributed by atoms with Crippen LogP contribution in [0.1, 0.15) is 40.4 Å². The van der Waals surface area contributed by atoms with Crippen LogP contribution in [0, 0.1) is 12.3 Å². The Morgan fingerprint density at radius 3 is 2.81 bits per heavy atom. The Bertz CT molecular complexity index is 1080. The van der Waals surface area contributed by atoms with E-state index in [1.807, 2.05) is 19.1 Å². The summed E-state index contributed by atoms with van der Waals surface area (Å²) in [6.45, 7) is 2.56. The van der Waals surface area contributed by atoms with Crippen LogP contribution in [0.4, 0.5) is 0 Å². The van der Waals surface area contributed by atoms with Crippen molar-refractivity contribution < 1.29 is 9.53 Å². The zero-order chi connectivity index (χ0) is 19.1. The van der Waals surface area contributed by atoms with E-state index in [0.29, 0.717) is 29.3 Å². The van der Waals surface area contributed by atoms with Crippen LogP contribution in [0.3, 0.4) is 0 Å². The highest BCUT2D eigenvalue weighted by Gasteiger charge is 2.32. The number of carbonyl (C=O) groups is 1. The number of aromatic nitrogens is 3. The predicted molar refractivity (Wildman–Crippen MR) is 103 cm³/mol. The third-order valence-corrected chi connectivity index (χ3v) is 5.39. The number of halogens is 1. The molecule has 4 rings (SSSR count). The molecule has 0 spiro atoms. The molecular weight excluding hydrogens is 364 g/mol. The largest absolute Gasteiger partial charge is 0.494 e. The average molecular weight is 381 g/mol. The highest BCUT2D eigenvalue weighted by atomic mass is 35.5. The van der Waals surface area contributed by atoms with Crippen LogP contribution in [-0.2, 0) is 6.42 Å². The van der Waals surface area contributed by atoms with Gasteiger partial charge < -0.3 is 14.6 Å². The monoisotopic (exact) mass is 380 g/mol. The number of benzene rings is 1. The number of fused-ring (bicyclic) bond motifs is 3. The summed E-state index contributed by atoms with van der Waals surface area (Å²) in [7, 11) is 1.53. The summed E-state index contributed by atoms with van der Waals surface area (Å²) in [6.07, 6.45) is 9.19. The van der Waals surface area contributed by atoms with E-state index in [2.05, 4.69) is 20.9 Å². The molecule has 0 saturated carbocycles. The second-order valence-electron chi connectivity index (χ2n) is 6.38. The van der Waals surface area contributed by atoms with E-state index < -0.39 is 0 Å². The van der Waals surface area contributed by atoms with Gasteiger partial charge in [0.2, 0.25) is 5.82 Å².